The molecule has 1 aromatic heterocycles. The lowest BCUT2D eigenvalue weighted by Crippen LogP contribution is -2.30. The van der Waals surface area contributed by atoms with Crippen molar-refractivity contribution in [3.63, 3.8) is 0 Å². The van der Waals surface area contributed by atoms with E-state index in [1.54, 1.807) is 38.1 Å². The lowest BCUT2D eigenvalue weighted by molar-refractivity contribution is -0.122. The maximum atomic E-state index is 12.3. The molecule has 0 radical (unpaired) electrons. The van der Waals surface area contributed by atoms with Gasteiger partial charge in [0.15, 0.2) is 6.10 Å². The van der Waals surface area contributed by atoms with Crippen LogP contribution in [0.3, 0.4) is 0 Å². The molecule has 0 aliphatic rings. The summed E-state index contributed by atoms with van der Waals surface area (Å²) in [4.78, 5) is 24.8. The van der Waals surface area contributed by atoms with E-state index in [1.807, 2.05) is 6.92 Å². The van der Waals surface area contributed by atoms with Gasteiger partial charge in [0.05, 0.1) is 10.6 Å². The Kier molecular flexibility index (Phi) is 5.28. The van der Waals surface area contributed by atoms with Crippen LogP contribution in [0.25, 0.3) is 0 Å². The molecular weight excluding hydrogens is 336 g/mol. The molecule has 3 N–H and O–H groups in total. The Morgan fingerprint density at radius 1 is 1.30 bits per heavy atom. The Labute approximate surface area is 143 Å². The van der Waals surface area contributed by atoms with E-state index < -0.39 is 12.0 Å². The molecule has 2 rings (SSSR count). The zero-order valence-electron chi connectivity index (χ0n) is 13.0. The zero-order valence-corrected chi connectivity index (χ0v) is 14.5. The van der Waals surface area contributed by atoms with Gasteiger partial charge in [0.2, 0.25) is 0 Å². The van der Waals surface area contributed by atoms with Crippen LogP contribution >= 0.6 is 22.9 Å². The monoisotopic (exact) mass is 352 g/mol. The van der Waals surface area contributed by atoms with Crippen molar-refractivity contribution in [3.05, 3.63) is 45.3 Å². The highest BCUT2D eigenvalue weighted by Gasteiger charge is 2.22. The van der Waals surface area contributed by atoms with Crippen LogP contribution in [0, 0.1) is 13.8 Å². The average molecular weight is 353 g/mol. The summed E-state index contributed by atoms with van der Waals surface area (Å²) in [5, 5.41) is 3.56. The Morgan fingerprint density at radius 2 is 1.96 bits per heavy atom. The molecule has 1 heterocycles. The standard InChI is InChI=1S/C16H17ClN2O3S/c1-8-10(3)23-16(13(8)14(18)20)19-15(21)9(2)22-12-7-5-4-6-11(12)17/h4-7,9H,1-3H3,(H2,18,20)(H,19,21). The molecule has 0 spiro atoms. The summed E-state index contributed by atoms with van der Waals surface area (Å²) < 4.78 is 5.56. The zero-order chi connectivity index (χ0) is 17.1. The maximum Gasteiger partial charge on any atom is 0.265 e. The fourth-order valence-electron chi connectivity index (χ4n) is 2.01. The number of amides is 2. The molecule has 1 atom stereocenters. The number of nitrogens with one attached hydrogen (secondary N) is 1. The SMILES string of the molecule is Cc1sc(NC(=O)C(C)Oc2ccccc2Cl)c(C(N)=O)c1C. The third kappa shape index (κ3) is 3.83. The Bertz CT molecular complexity index is 758. The molecule has 0 aliphatic carbocycles. The van der Waals surface area contributed by atoms with Gasteiger partial charge in [-0.15, -0.1) is 11.3 Å². The number of thiophene rings is 1. The number of hydrogen-bond donors (Lipinski definition) is 2. The lowest BCUT2D eigenvalue weighted by Gasteiger charge is -2.15. The van der Waals surface area contributed by atoms with Gasteiger partial charge in [-0.05, 0) is 38.5 Å². The molecule has 0 saturated carbocycles. The van der Waals surface area contributed by atoms with Gasteiger partial charge in [-0.2, -0.15) is 0 Å². The third-order valence-electron chi connectivity index (χ3n) is 3.38. The van der Waals surface area contributed by atoms with E-state index in [2.05, 4.69) is 5.32 Å². The number of carbonyl (C=O) groups is 2. The van der Waals surface area contributed by atoms with Crippen LogP contribution in [-0.4, -0.2) is 17.9 Å². The predicted octanol–water partition coefficient (Wildman–Crippen LogP) is 3.52. The summed E-state index contributed by atoms with van der Waals surface area (Å²) in [6, 6.07) is 6.90. The number of para-hydroxylation sites is 1. The molecule has 0 bridgehead atoms. The topological polar surface area (TPSA) is 81.4 Å². The van der Waals surface area contributed by atoms with Crippen molar-refractivity contribution in [2.75, 3.05) is 5.32 Å². The number of halogens is 1. The second-order valence-corrected chi connectivity index (χ2v) is 6.66. The van der Waals surface area contributed by atoms with Gasteiger partial charge < -0.3 is 15.8 Å². The first kappa shape index (κ1) is 17.3. The maximum absolute atomic E-state index is 12.3. The number of hydrogen-bond acceptors (Lipinski definition) is 4. The second kappa shape index (κ2) is 7.02. The molecule has 0 fully saturated rings. The van der Waals surface area contributed by atoms with Crippen LogP contribution in [0.5, 0.6) is 5.75 Å². The molecule has 122 valence electrons. The van der Waals surface area contributed by atoms with Crippen molar-refractivity contribution < 1.29 is 14.3 Å². The largest absolute Gasteiger partial charge is 0.479 e. The van der Waals surface area contributed by atoms with E-state index in [9.17, 15) is 9.59 Å². The van der Waals surface area contributed by atoms with Crippen molar-refractivity contribution in [2.24, 2.45) is 5.73 Å². The summed E-state index contributed by atoms with van der Waals surface area (Å²) in [6.45, 7) is 5.27. The summed E-state index contributed by atoms with van der Waals surface area (Å²) in [6.07, 6.45) is -0.779. The normalized spacial score (nSPS) is 11.8. The Morgan fingerprint density at radius 3 is 2.57 bits per heavy atom. The number of nitrogens with two attached hydrogens (primary N) is 1. The van der Waals surface area contributed by atoms with Crippen LogP contribution in [0.1, 0.15) is 27.7 Å². The number of rotatable bonds is 5. The molecule has 7 heteroatoms. The first-order chi connectivity index (χ1) is 10.8. The van der Waals surface area contributed by atoms with Gasteiger partial charge >= 0.3 is 0 Å². The lowest BCUT2D eigenvalue weighted by atomic mass is 10.1. The van der Waals surface area contributed by atoms with Gasteiger partial charge in [-0.1, -0.05) is 23.7 Å². The van der Waals surface area contributed by atoms with Gasteiger partial charge in [-0.3, -0.25) is 9.59 Å². The van der Waals surface area contributed by atoms with E-state index in [0.717, 1.165) is 10.4 Å². The highest BCUT2D eigenvalue weighted by molar-refractivity contribution is 7.16. The minimum absolute atomic E-state index is 0.339. The fourth-order valence-corrected chi connectivity index (χ4v) is 3.26. The first-order valence-corrected chi connectivity index (χ1v) is 8.12. The van der Waals surface area contributed by atoms with Crippen molar-refractivity contribution in [1.82, 2.24) is 0 Å². The summed E-state index contributed by atoms with van der Waals surface area (Å²) in [5.74, 6) is -0.527. The summed E-state index contributed by atoms with van der Waals surface area (Å²) in [5.41, 5.74) is 6.51. The van der Waals surface area contributed by atoms with Gasteiger partial charge in [0.25, 0.3) is 11.8 Å². The minimum Gasteiger partial charge on any atom is -0.479 e. The molecule has 0 saturated heterocycles. The quantitative estimate of drug-likeness (QED) is 0.863. The molecule has 1 aromatic carbocycles. The van der Waals surface area contributed by atoms with Crippen LogP contribution in [0.4, 0.5) is 5.00 Å². The molecular formula is C16H17ClN2O3S. The smallest absolute Gasteiger partial charge is 0.265 e. The van der Waals surface area contributed by atoms with Gasteiger partial charge in [-0.25, -0.2) is 0 Å². The number of ether oxygens (including phenoxy) is 1. The van der Waals surface area contributed by atoms with E-state index in [-0.39, 0.29) is 5.91 Å². The molecule has 0 aliphatic heterocycles. The number of aryl methyl sites for hydroxylation is 1. The summed E-state index contributed by atoms with van der Waals surface area (Å²) >= 11 is 7.32. The molecule has 23 heavy (non-hydrogen) atoms. The van der Waals surface area contributed by atoms with Crippen molar-refractivity contribution in [1.29, 1.82) is 0 Å². The number of primary amides is 1. The second-order valence-electron chi connectivity index (χ2n) is 5.03. The predicted molar refractivity (Wildman–Crippen MR) is 92.5 cm³/mol. The van der Waals surface area contributed by atoms with E-state index >= 15 is 0 Å². The molecule has 5 nitrogen and oxygen atoms in total. The minimum atomic E-state index is -0.779. The van der Waals surface area contributed by atoms with Crippen LogP contribution < -0.4 is 15.8 Å². The molecule has 1 unspecified atom stereocenters. The van der Waals surface area contributed by atoms with Gasteiger partial charge in [0, 0.05) is 4.88 Å². The Balaban J connectivity index is 2.15. The molecule has 2 amide bonds. The van der Waals surface area contributed by atoms with E-state index in [0.29, 0.717) is 21.3 Å². The van der Waals surface area contributed by atoms with Crippen LogP contribution in [-0.2, 0) is 4.79 Å². The number of carbonyl (C=O) groups excluding carboxylic acids is 2. The first-order valence-electron chi connectivity index (χ1n) is 6.93. The van der Waals surface area contributed by atoms with Crippen molar-refractivity contribution in [3.8, 4) is 5.75 Å². The average Bonchev–Trinajstić information content (AvgIpc) is 2.76. The van der Waals surface area contributed by atoms with Crippen molar-refractivity contribution >= 4 is 39.8 Å². The molecule has 2 aromatic rings. The highest BCUT2D eigenvalue weighted by Crippen LogP contribution is 2.32. The number of benzene rings is 1. The summed E-state index contributed by atoms with van der Waals surface area (Å²) in [7, 11) is 0. The van der Waals surface area contributed by atoms with E-state index in [1.165, 1.54) is 11.3 Å². The van der Waals surface area contributed by atoms with Gasteiger partial charge in [0.1, 0.15) is 10.8 Å². The number of anilines is 1. The van der Waals surface area contributed by atoms with Crippen LogP contribution in [0.15, 0.2) is 24.3 Å². The van der Waals surface area contributed by atoms with Crippen LogP contribution in [0.2, 0.25) is 5.02 Å². The van der Waals surface area contributed by atoms with E-state index in [4.69, 9.17) is 22.1 Å². The third-order valence-corrected chi connectivity index (χ3v) is 4.81. The Hall–Kier alpha value is -2.05. The fraction of sp³-hybridized carbons (Fsp3) is 0.250. The van der Waals surface area contributed by atoms with Crippen molar-refractivity contribution in [2.45, 2.75) is 26.9 Å². The highest BCUT2D eigenvalue weighted by atomic mass is 35.5.